The highest BCUT2D eigenvalue weighted by Crippen LogP contribution is 2.41. The van der Waals surface area contributed by atoms with Crippen LogP contribution in [0, 0.1) is 11.3 Å². The molecule has 0 radical (unpaired) electrons. The smallest absolute Gasteiger partial charge is 0.0315 e. The Morgan fingerprint density at radius 2 is 2.18 bits per heavy atom. The van der Waals surface area contributed by atoms with Crippen LogP contribution in [0.2, 0.25) is 0 Å². The van der Waals surface area contributed by atoms with E-state index in [0.29, 0.717) is 17.5 Å². The van der Waals surface area contributed by atoms with Gasteiger partial charge in [0.2, 0.25) is 0 Å². The second-order valence-corrected chi connectivity index (χ2v) is 6.33. The van der Waals surface area contributed by atoms with Crippen molar-refractivity contribution in [2.45, 2.75) is 52.6 Å². The van der Waals surface area contributed by atoms with E-state index in [4.69, 9.17) is 0 Å². The van der Waals surface area contributed by atoms with Crippen molar-refractivity contribution in [3.05, 3.63) is 30.1 Å². The van der Waals surface area contributed by atoms with Crippen LogP contribution in [0.1, 0.15) is 52.1 Å². The zero-order valence-electron chi connectivity index (χ0n) is 11.4. The zero-order valence-corrected chi connectivity index (χ0v) is 11.4. The van der Waals surface area contributed by atoms with Crippen molar-refractivity contribution in [1.82, 2.24) is 10.3 Å². The van der Waals surface area contributed by atoms with Crippen LogP contribution in [0.3, 0.4) is 0 Å². The van der Waals surface area contributed by atoms with Crippen molar-refractivity contribution in [2.75, 3.05) is 0 Å². The molecule has 0 aliphatic heterocycles. The summed E-state index contributed by atoms with van der Waals surface area (Å²) in [4.78, 5) is 4.19. The van der Waals surface area contributed by atoms with E-state index in [2.05, 4.69) is 44.1 Å². The monoisotopic (exact) mass is 232 g/mol. The maximum atomic E-state index is 4.19. The molecule has 17 heavy (non-hydrogen) atoms. The SMILES string of the molecule is CC1CC(C)(C)CC1N[C@H](C)c1cccnc1. The van der Waals surface area contributed by atoms with Crippen molar-refractivity contribution in [2.24, 2.45) is 11.3 Å². The summed E-state index contributed by atoms with van der Waals surface area (Å²) in [5.74, 6) is 0.768. The highest BCUT2D eigenvalue weighted by molar-refractivity contribution is 5.13. The van der Waals surface area contributed by atoms with E-state index in [1.165, 1.54) is 18.4 Å². The number of nitrogens with zero attached hydrogens (tertiary/aromatic N) is 1. The number of pyridine rings is 1. The van der Waals surface area contributed by atoms with E-state index in [9.17, 15) is 0 Å². The lowest BCUT2D eigenvalue weighted by Crippen LogP contribution is -2.33. The van der Waals surface area contributed by atoms with Gasteiger partial charge >= 0.3 is 0 Å². The van der Waals surface area contributed by atoms with E-state index in [1.54, 1.807) is 0 Å². The quantitative estimate of drug-likeness (QED) is 0.862. The van der Waals surface area contributed by atoms with Gasteiger partial charge in [0, 0.05) is 24.5 Å². The Bertz CT molecular complexity index is 358. The third-order valence-electron chi connectivity index (χ3n) is 3.98. The van der Waals surface area contributed by atoms with Crippen LogP contribution < -0.4 is 5.32 Å². The Morgan fingerprint density at radius 1 is 1.41 bits per heavy atom. The molecule has 2 heteroatoms. The number of hydrogen-bond acceptors (Lipinski definition) is 2. The predicted octanol–water partition coefficient (Wildman–Crippen LogP) is 3.56. The molecule has 2 unspecified atom stereocenters. The van der Waals surface area contributed by atoms with Crippen molar-refractivity contribution < 1.29 is 0 Å². The Labute approximate surface area is 105 Å². The second-order valence-electron chi connectivity index (χ2n) is 6.33. The number of aromatic nitrogens is 1. The van der Waals surface area contributed by atoms with E-state index in [1.807, 2.05) is 18.5 Å². The Kier molecular flexibility index (Phi) is 3.53. The van der Waals surface area contributed by atoms with Crippen LogP contribution >= 0.6 is 0 Å². The molecule has 0 saturated heterocycles. The van der Waals surface area contributed by atoms with Gasteiger partial charge in [0.1, 0.15) is 0 Å². The fourth-order valence-corrected chi connectivity index (χ4v) is 3.17. The lowest BCUT2D eigenvalue weighted by molar-refractivity contribution is 0.356. The molecule has 1 aromatic heterocycles. The first-order valence-electron chi connectivity index (χ1n) is 6.64. The summed E-state index contributed by atoms with van der Waals surface area (Å²) in [5, 5.41) is 3.76. The van der Waals surface area contributed by atoms with Gasteiger partial charge in [-0.05, 0) is 42.7 Å². The molecule has 1 fully saturated rings. The number of hydrogen-bond donors (Lipinski definition) is 1. The van der Waals surface area contributed by atoms with E-state index < -0.39 is 0 Å². The minimum atomic E-state index is 0.394. The van der Waals surface area contributed by atoms with Gasteiger partial charge in [-0.1, -0.05) is 26.8 Å². The largest absolute Gasteiger partial charge is 0.307 e. The first-order chi connectivity index (χ1) is 7.98. The average Bonchev–Trinajstić information content (AvgIpc) is 2.53. The molecule has 2 rings (SSSR count). The molecule has 2 nitrogen and oxygen atoms in total. The van der Waals surface area contributed by atoms with Gasteiger partial charge in [0.05, 0.1) is 0 Å². The number of rotatable bonds is 3. The molecular formula is C15H24N2. The third kappa shape index (κ3) is 3.06. The summed E-state index contributed by atoms with van der Waals surface area (Å²) >= 11 is 0. The lowest BCUT2D eigenvalue weighted by atomic mass is 9.91. The Balaban J connectivity index is 1.98. The van der Waals surface area contributed by atoms with Crippen LogP contribution in [0.25, 0.3) is 0 Å². The van der Waals surface area contributed by atoms with Crippen LogP contribution in [0.4, 0.5) is 0 Å². The second kappa shape index (κ2) is 4.77. The molecule has 0 spiro atoms. The van der Waals surface area contributed by atoms with Gasteiger partial charge in [-0.15, -0.1) is 0 Å². The van der Waals surface area contributed by atoms with Gasteiger partial charge in [0.25, 0.3) is 0 Å². The summed E-state index contributed by atoms with van der Waals surface area (Å²) < 4.78 is 0. The van der Waals surface area contributed by atoms with Crippen LogP contribution in [0.5, 0.6) is 0 Å². The normalized spacial score (nSPS) is 29.2. The van der Waals surface area contributed by atoms with E-state index >= 15 is 0 Å². The lowest BCUT2D eigenvalue weighted by Gasteiger charge is -2.23. The fourth-order valence-electron chi connectivity index (χ4n) is 3.17. The highest BCUT2D eigenvalue weighted by Gasteiger charge is 2.36. The van der Waals surface area contributed by atoms with Gasteiger partial charge in [-0.2, -0.15) is 0 Å². The third-order valence-corrected chi connectivity index (χ3v) is 3.98. The summed E-state index contributed by atoms with van der Waals surface area (Å²) in [6.45, 7) is 9.34. The minimum absolute atomic E-state index is 0.394. The molecule has 1 aromatic rings. The topological polar surface area (TPSA) is 24.9 Å². The first-order valence-corrected chi connectivity index (χ1v) is 6.64. The highest BCUT2D eigenvalue weighted by atomic mass is 15.0. The molecule has 1 aliphatic rings. The Morgan fingerprint density at radius 3 is 2.71 bits per heavy atom. The maximum absolute atomic E-state index is 4.19. The molecule has 1 aliphatic carbocycles. The van der Waals surface area contributed by atoms with Crippen LogP contribution in [-0.2, 0) is 0 Å². The molecule has 1 N–H and O–H groups in total. The zero-order chi connectivity index (χ0) is 12.5. The molecule has 0 amide bonds. The van der Waals surface area contributed by atoms with Gasteiger partial charge < -0.3 is 5.32 Å². The molecule has 94 valence electrons. The van der Waals surface area contributed by atoms with Gasteiger partial charge in [-0.25, -0.2) is 0 Å². The molecule has 0 bridgehead atoms. The standard InChI is InChI=1S/C15H24N2/c1-11-8-15(3,4)9-14(11)17-12(2)13-6-5-7-16-10-13/h5-7,10-12,14,17H,8-9H2,1-4H3/t11?,12-,14?/m1/s1. The molecule has 1 saturated carbocycles. The van der Waals surface area contributed by atoms with Crippen LogP contribution in [0.15, 0.2) is 24.5 Å². The summed E-state index contributed by atoms with van der Waals surface area (Å²) in [6.07, 6.45) is 6.39. The Hall–Kier alpha value is -0.890. The summed E-state index contributed by atoms with van der Waals surface area (Å²) in [7, 11) is 0. The van der Waals surface area contributed by atoms with Crippen LogP contribution in [-0.4, -0.2) is 11.0 Å². The van der Waals surface area contributed by atoms with Crippen molar-refractivity contribution >= 4 is 0 Å². The molecule has 0 aromatic carbocycles. The van der Waals surface area contributed by atoms with Crippen molar-refractivity contribution in [3.8, 4) is 0 Å². The average molecular weight is 232 g/mol. The number of nitrogens with one attached hydrogen (secondary N) is 1. The van der Waals surface area contributed by atoms with Gasteiger partial charge in [-0.3, -0.25) is 4.98 Å². The molecular weight excluding hydrogens is 208 g/mol. The molecule has 3 atom stereocenters. The van der Waals surface area contributed by atoms with Crippen molar-refractivity contribution in [1.29, 1.82) is 0 Å². The maximum Gasteiger partial charge on any atom is 0.0315 e. The first kappa shape index (κ1) is 12.6. The van der Waals surface area contributed by atoms with E-state index in [-0.39, 0.29) is 0 Å². The summed E-state index contributed by atoms with van der Waals surface area (Å²) in [5.41, 5.74) is 1.77. The van der Waals surface area contributed by atoms with Gasteiger partial charge in [0.15, 0.2) is 0 Å². The van der Waals surface area contributed by atoms with E-state index in [0.717, 1.165) is 5.92 Å². The predicted molar refractivity (Wildman–Crippen MR) is 71.8 cm³/mol. The fraction of sp³-hybridized carbons (Fsp3) is 0.667. The van der Waals surface area contributed by atoms with Crippen molar-refractivity contribution in [3.63, 3.8) is 0 Å². The minimum Gasteiger partial charge on any atom is -0.307 e. The molecule has 1 heterocycles. The summed E-state index contributed by atoms with van der Waals surface area (Å²) in [6, 6.07) is 5.19.